The Bertz CT molecular complexity index is 549. The van der Waals surface area contributed by atoms with Crippen LogP contribution in [0.3, 0.4) is 0 Å². The summed E-state index contributed by atoms with van der Waals surface area (Å²) in [5.41, 5.74) is 0.436. The van der Waals surface area contributed by atoms with E-state index >= 15 is 0 Å². The van der Waals surface area contributed by atoms with Gasteiger partial charge in [0.05, 0.1) is 7.11 Å². The van der Waals surface area contributed by atoms with Crippen LogP contribution >= 0.6 is 0 Å². The number of benzene rings is 1. The van der Waals surface area contributed by atoms with Crippen LogP contribution in [-0.2, 0) is 9.59 Å². The Labute approximate surface area is 125 Å². The Morgan fingerprint density at radius 1 is 1.38 bits per heavy atom. The first-order valence-corrected chi connectivity index (χ1v) is 7.09. The summed E-state index contributed by atoms with van der Waals surface area (Å²) < 4.78 is 5.17. The van der Waals surface area contributed by atoms with Crippen molar-refractivity contribution in [2.24, 2.45) is 5.92 Å². The number of hydrogen-bond donors (Lipinski definition) is 1. The lowest BCUT2D eigenvalue weighted by atomic mass is 10.0. The Kier molecular flexibility index (Phi) is 4.21. The molecule has 0 radical (unpaired) electrons. The molecule has 1 heterocycles. The molecule has 0 bridgehead atoms. The molecule has 0 saturated carbocycles. The van der Waals surface area contributed by atoms with E-state index in [0.717, 1.165) is 5.69 Å². The first kappa shape index (κ1) is 15.4. The zero-order valence-corrected chi connectivity index (χ0v) is 13.0. The summed E-state index contributed by atoms with van der Waals surface area (Å²) >= 11 is 0. The molecule has 0 aliphatic carbocycles. The minimum Gasteiger partial charge on any atom is -0.497 e. The molecule has 5 heteroatoms. The zero-order chi connectivity index (χ0) is 15.6. The number of ether oxygens (including phenoxy) is 1. The topological polar surface area (TPSA) is 58.6 Å². The van der Waals surface area contributed by atoms with Crippen LogP contribution < -0.4 is 15.0 Å². The number of carbonyl (C=O) groups is 2. The van der Waals surface area contributed by atoms with Crippen LogP contribution in [0.25, 0.3) is 0 Å². The molecule has 1 aliphatic rings. The molecule has 0 spiro atoms. The highest BCUT2D eigenvalue weighted by Gasteiger charge is 2.38. The number of amides is 2. The lowest BCUT2D eigenvalue weighted by Crippen LogP contribution is -2.45. The van der Waals surface area contributed by atoms with Crippen molar-refractivity contribution in [3.63, 3.8) is 0 Å². The van der Waals surface area contributed by atoms with E-state index in [9.17, 15) is 9.59 Å². The quantitative estimate of drug-likeness (QED) is 0.866. The summed E-state index contributed by atoms with van der Waals surface area (Å²) in [4.78, 5) is 26.3. The van der Waals surface area contributed by atoms with Crippen molar-refractivity contribution in [1.82, 2.24) is 5.32 Å². The van der Waals surface area contributed by atoms with Gasteiger partial charge in [-0.25, -0.2) is 0 Å². The van der Waals surface area contributed by atoms with E-state index < -0.39 is 5.92 Å². The van der Waals surface area contributed by atoms with Crippen molar-refractivity contribution in [1.29, 1.82) is 0 Å². The zero-order valence-electron chi connectivity index (χ0n) is 13.0. The molecule has 1 aromatic rings. The largest absolute Gasteiger partial charge is 0.497 e. The Balaban J connectivity index is 2.12. The van der Waals surface area contributed by atoms with Crippen LogP contribution in [-0.4, -0.2) is 31.0 Å². The predicted octanol–water partition coefficient (Wildman–Crippen LogP) is 1.96. The molecule has 1 aliphatic heterocycles. The molecule has 1 fully saturated rings. The van der Waals surface area contributed by atoms with E-state index in [-0.39, 0.29) is 17.4 Å². The smallest absolute Gasteiger partial charge is 0.239 e. The monoisotopic (exact) mass is 290 g/mol. The number of methoxy groups -OCH3 is 1. The molecule has 1 saturated heterocycles. The van der Waals surface area contributed by atoms with Crippen LogP contribution in [0.5, 0.6) is 5.75 Å². The summed E-state index contributed by atoms with van der Waals surface area (Å²) in [5, 5.41) is 2.87. The molecule has 21 heavy (non-hydrogen) atoms. The summed E-state index contributed by atoms with van der Waals surface area (Å²) in [5.74, 6) is -0.249. The van der Waals surface area contributed by atoms with Crippen molar-refractivity contribution < 1.29 is 14.3 Å². The highest BCUT2D eigenvalue weighted by Crippen LogP contribution is 2.28. The second-order valence-electron chi connectivity index (χ2n) is 6.27. The SMILES string of the molecule is COc1cccc(N2CCC(C(=O)NC(C)(C)C)C2=O)c1. The van der Waals surface area contributed by atoms with Gasteiger partial charge in [0.25, 0.3) is 0 Å². The third kappa shape index (κ3) is 3.54. The van der Waals surface area contributed by atoms with Crippen molar-refractivity contribution in [3.8, 4) is 5.75 Å². The van der Waals surface area contributed by atoms with Crippen LogP contribution in [0, 0.1) is 5.92 Å². The number of hydrogen-bond acceptors (Lipinski definition) is 3. The first-order chi connectivity index (χ1) is 9.81. The first-order valence-electron chi connectivity index (χ1n) is 7.09. The molecule has 5 nitrogen and oxygen atoms in total. The number of nitrogens with one attached hydrogen (secondary N) is 1. The second-order valence-corrected chi connectivity index (χ2v) is 6.27. The maximum Gasteiger partial charge on any atom is 0.239 e. The molecule has 1 atom stereocenters. The van der Waals surface area contributed by atoms with Crippen LogP contribution in [0.15, 0.2) is 24.3 Å². The number of anilines is 1. The van der Waals surface area contributed by atoms with Crippen molar-refractivity contribution in [2.45, 2.75) is 32.7 Å². The van der Waals surface area contributed by atoms with Crippen LogP contribution in [0.4, 0.5) is 5.69 Å². The van der Waals surface area contributed by atoms with Gasteiger partial charge in [-0.2, -0.15) is 0 Å². The predicted molar refractivity (Wildman–Crippen MR) is 81.3 cm³/mol. The van der Waals surface area contributed by atoms with Gasteiger partial charge in [0.1, 0.15) is 11.7 Å². The normalized spacial score (nSPS) is 18.8. The highest BCUT2D eigenvalue weighted by atomic mass is 16.5. The Morgan fingerprint density at radius 3 is 2.71 bits per heavy atom. The maximum absolute atomic E-state index is 12.5. The van der Waals surface area contributed by atoms with E-state index in [2.05, 4.69) is 5.32 Å². The van der Waals surface area contributed by atoms with Gasteiger partial charge in [0, 0.05) is 23.8 Å². The lowest BCUT2D eigenvalue weighted by Gasteiger charge is -2.23. The lowest BCUT2D eigenvalue weighted by molar-refractivity contribution is -0.133. The van der Waals surface area contributed by atoms with Gasteiger partial charge < -0.3 is 15.0 Å². The third-order valence-electron chi connectivity index (χ3n) is 3.39. The fraction of sp³-hybridized carbons (Fsp3) is 0.500. The number of carbonyl (C=O) groups excluding carboxylic acids is 2. The second kappa shape index (κ2) is 5.76. The van der Waals surface area contributed by atoms with E-state index in [1.807, 2.05) is 45.0 Å². The number of nitrogens with zero attached hydrogens (tertiary/aromatic N) is 1. The van der Waals surface area contributed by atoms with Gasteiger partial charge in [-0.05, 0) is 39.3 Å². The summed E-state index contributed by atoms with van der Waals surface area (Å²) in [7, 11) is 1.59. The average molecular weight is 290 g/mol. The van der Waals surface area contributed by atoms with Gasteiger partial charge in [-0.3, -0.25) is 9.59 Å². The van der Waals surface area contributed by atoms with E-state index in [1.165, 1.54) is 0 Å². The van der Waals surface area contributed by atoms with Gasteiger partial charge in [-0.15, -0.1) is 0 Å². The van der Waals surface area contributed by atoms with Gasteiger partial charge in [0.15, 0.2) is 0 Å². The molecule has 2 amide bonds. The summed E-state index contributed by atoms with van der Waals surface area (Å²) in [6.07, 6.45) is 0.540. The van der Waals surface area contributed by atoms with E-state index in [4.69, 9.17) is 4.74 Å². The van der Waals surface area contributed by atoms with Gasteiger partial charge in [0.2, 0.25) is 11.8 Å². The fourth-order valence-electron chi connectivity index (χ4n) is 2.41. The molecular weight excluding hydrogens is 268 g/mol. The summed E-state index contributed by atoms with van der Waals surface area (Å²) in [6, 6.07) is 7.32. The van der Waals surface area contributed by atoms with Crippen LogP contribution in [0.1, 0.15) is 27.2 Å². The Morgan fingerprint density at radius 2 is 2.10 bits per heavy atom. The highest BCUT2D eigenvalue weighted by molar-refractivity contribution is 6.09. The van der Waals surface area contributed by atoms with Crippen LogP contribution in [0.2, 0.25) is 0 Å². The fourth-order valence-corrected chi connectivity index (χ4v) is 2.41. The van der Waals surface area contributed by atoms with Gasteiger partial charge >= 0.3 is 0 Å². The van der Waals surface area contributed by atoms with E-state index in [0.29, 0.717) is 18.7 Å². The average Bonchev–Trinajstić information content (AvgIpc) is 2.79. The molecular formula is C16H22N2O3. The Hall–Kier alpha value is -2.04. The third-order valence-corrected chi connectivity index (χ3v) is 3.39. The molecule has 1 N–H and O–H groups in total. The molecule has 114 valence electrons. The molecule has 1 unspecified atom stereocenters. The van der Waals surface area contributed by atoms with Gasteiger partial charge in [-0.1, -0.05) is 6.07 Å². The summed E-state index contributed by atoms with van der Waals surface area (Å²) in [6.45, 7) is 6.27. The molecule has 1 aromatic carbocycles. The van der Waals surface area contributed by atoms with Crippen molar-refractivity contribution >= 4 is 17.5 Å². The van der Waals surface area contributed by atoms with E-state index in [1.54, 1.807) is 12.0 Å². The standard InChI is InChI=1S/C16H22N2O3/c1-16(2,3)17-14(19)13-8-9-18(15(13)20)11-6-5-7-12(10-11)21-4/h5-7,10,13H,8-9H2,1-4H3,(H,17,19). The maximum atomic E-state index is 12.5. The van der Waals surface area contributed by atoms with Crippen molar-refractivity contribution in [2.75, 3.05) is 18.6 Å². The number of rotatable bonds is 3. The molecule has 2 rings (SSSR count). The minimum atomic E-state index is -0.601. The van der Waals surface area contributed by atoms with Crippen molar-refractivity contribution in [3.05, 3.63) is 24.3 Å². The minimum absolute atomic E-state index is 0.148. The molecule has 0 aromatic heterocycles.